The number of halogens is 2. The van der Waals surface area contributed by atoms with Crippen molar-refractivity contribution in [3.63, 3.8) is 0 Å². The highest BCUT2D eigenvalue weighted by Gasteiger charge is 2.29. The van der Waals surface area contributed by atoms with E-state index in [2.05, 4.69) is 5.32 Å². The van der Waals surface area contributed by atoms with Crippen LogP contribution in [0.25, 0.3) is 0 Å². The third-order valence-corrected chi connectivity index (χ3v) is 6.57. The van der Waals surface area contributed by atoms with Crippen LogP contribution in [0.15, 0.2) is 53.4 Å². The maximum absolute atomic E-state index is 13.2. The fourth-order valence-corrected chi connectivity index (χ4v) is 4.07. The molecule has 1 N–H and O–H groups in total. The third kappa shape index (κ3) is 7.22. The van der Waals surface area contributed by atoms with Gasteiger partial charge in [-0.1, -0.05) is 61.3 Å². The molecule has 0 aliphatic carbocycles. The van der Waals surface area contributed by atoms with Crippen molar-refractivity contribution in [3.05, 3.63) is 64.1 Å². The first-order valence-corrected chi connectivity index (χ1v) is 11.8. The SMILES string of the molecule is CC[C@@H](C)NC(=O)[C@@H](CC)N(Cc1ccc(Cl)c(Cl)c1)C(=O)CSc1ccccc1. The Hall–Kier alpha value is -1.69. The van der Waals surface area contributed by atoms with Crippen LogP contribution in [0.1, 0.15) is 39.2 Å². The van der Waals surface area contributed by atoms with Crippen LogP contribution in [-0.4, -0.2) is 34.6 Å². The molecule has 0 radical (unpaired) electrons. The molecule has 2 atom stereocenters. The smallest absolute Gasteiger partial charge is 0.243 e. The van der Waals surface area contributed by atoms with Gasteiger partial charge in [-0.3, -0.25) is 9.59 Å². The van der Waals surface area contributed by atoms with Crippen molar-refractivity contribution < 1.29 is 9.59 Å². The van der Waals surface area contributed by atoms with Gasteiger partial charge in [0.15, 0.2) is 0 Å². The van der Waals surface area contributed by atoms with Gasteiger partial charge in [-0.15, -0.1) is 11.8 Å². The minimum absolute atomic E-state index is 0.0483. The molecule has 30 heavy (non-hydrogen) atoms. The molecular weight excluding hydrogens is 439 g/mol. The number of carbonyl (C=O) groups excluding carboxylic acids is 2. The van der Waals surface area contributed by atoms with E-state index in [4.69, 9.17) is 23.2 Å². The van der Waals surface area contributed by atoms with Crippen molar-refractivity contribution in [3.8, 4) is 0 Å². The summed E-state index contributed by atoms with van der Waals surface area (Å²) in [6, 6.07) is 14.5. The topological polar surface area (TPSA) is 49.4 Å². The molecule has 162 valence electrons. The van der Waals surface area contributed by atoms with E-state index in [0.717, 1.165) is 16.9 Å². The summed E-state index contributed by atoms with van der Waals surface area (Å²) >= 11 is 13.7. The lowest BCUT2D eigenvalue weighted by molar-refractivity contribution is -0.139. The molecule has 0 bridgehead atoms. The number of nitrogens with one attached hydrogen (secondary N) is 1. The molecule has 0 heterocycles. The van der Waals surface area contributed by atoms with Crippen molar-refractivity contribution in [1.82, 2.24) is 10.2 Å². The van der Waals surface area contributed by atoms with Crippen LogP contribution in [0, 0.1) is 0 Å². The summed E-state index contributed by atoms with van der Waals surface area (Å²) in [7, 11) is 0. The summed E-state index contributed by atoms with van der Waals surface area (Å²) in [6.45, 7) is 6.18. The van der Waals surface area contributed by atoms with Gasteiger partial charge in [0.25, 0.3) is 0 Å². The Balaban J connectivity index is 2.23. The van der Waals surface area contributed by atoms with Crippen LogP contribution in [0.3, 0.4) is 0 Å². The summed E-state index contributed by atoms with van der Waals surface area (Å²) in [6.07, 6.45) is 1.35. The molecule has 0 fully saturated rings. The van der Waals surface area contributed by atoms with Crippen molar-refractivity contribution in [2.24, 2.45) is 0 Å². The van der Waals surface area contributed by atoms with Crippen LogP contribution in [0.2, 0.25) is 10.0 Å². The quantitative estimate of drug-likeness (QED) is 0.449. The van der Waals surface area contributed by atoms with Gasteiger partial charge >= 0.3 is 0 Å². The van der Waals surface area contributed by atoms with Gasteiger partial charge in [0.2, 0.25) is 11.8 Å². The number of hydrogen-bond donors (Lipinski definition) is 1. The molecule has 0 saturated heterocycles. The highest BCUT2D eigenvalue weighted by molar-refractivity contribution is 8.00. The zero-order chi connectivity index (χ0) is 22.1. The van der Waals surface area contributed by atoms with E-state index >= 15 is 0 Å². The van der Waals surface area contributed by atoms with E-state index in [1.54, 1.807) is 17.0 Å². The van der Waals surface area contributed by atoms with Crippen LogP contribution < -0.4 is 5.32 Å². The van der Waals surface area contributed by atoms with E-state index in [-0.39, 0.29) is 30.2 Å². The number of amides is 2. The monoisotopic (exact) mass is 466 g/mol. The van der Waals surface area contributed by atoms with Gasteiger partial charge in [0.05, 0.1) is 15.8 Å². The highest BCUT2D eigenvalue weighted by Crippen LogP contribution is 2.25. The Morgan fingerprint density at radius 1 is 1.03 bits per heavy atom. The average Bonchev–Trinajstić information content (AvgIpc) is 2.75. The lowest BCUT2D eigenvalue weighted by atomic mass is 10.1. The molecule has 0 aliphatic heterocycles. The zero-order valence-corrected chi connectivity index (χ0v) is 19.9. The largest absolute Gasteiger partial charge is 0.352 e. The van der Waals surface area contributed by atoms with Crippen LogP contribution in [0.5, 0.6) is 0 Å². The summed E-state index contributed by atoms with van der Waals surface area (Å²) in [5.74, 6) is 0.0179. The molecule has 0 saturated carbocycles. The summed E-state index contributed by atoms with van der Waals surface area (Å²) in [5.41, 5.74) is 0.831. The molecule has 0 aromatic heterocycles. The third-order valence-electron chi connectivity index (χ3n) is 4.83. The van der Waals surface area contributed by atoms with E-state index in [1.807, 2.05) is 57.2 Å². The molecule has 2 rings (SSSR count). The predicted octanol–water partition coefficient (Wildman–Crippen LogP) is 5.81. The Morgan fingerprint density at radius 3 is 2.33 bits per heavy atom. The summed E-state index contributed by atoms with van der Waals surface area (Å²) in [5, 5.41) is 3.90. The Morgan fingerprint density at radius 2 is 1.73 bits per heavy atom. The number of rotatable bonds is 10. The summed E-state index contributed by atoms with van der Waals surface area (Å²) in [4.78, 5) is 28.8. The van der Waals surface area contributed by atoms with E-state index < -0.39 is 6.04 Å². The van der Waals surface area contributed by atoms with E-state index in [0.29, 0.717) is 16.5 Å². The van der Waals surface area contributed by atoms with Crippen LogP contribution >= 0.6 is 35.0 Å². The first kappa shape index (κ1) is 24.6. The number of carbonyl (C=O) groups is 2. The van der Waals surface area contributed by atoms with Crippen LogP contribution in [-0.2, 0) is 16.1 Å². The van der Waals surface area contributed by atoms with Gasteiger partial charge in [-0.05, 0) is 49.6 Å². The molecule has 4 nitrogen and oxygen atoms in total. The second-order valence-electron chi connectivity index (χ2n) is 7.11. The fourth-order valence-electron chi connectivity index (χ4n) is 2.94. The first-order valence-electron chi connectivity index (χ1n) is 10.1. The Labute approximate surface area is 193 Å². The fraction of sp³-hybridized carbons (Fsp3) is 0.391. The van der Waals surface area contributed by atoms with Gasteiger partial charge < -0.3 is 10.2 Å². The van der Waals surface area contributed by atoms with E-state index in [9.17, 15) is 9.59 Å². The van der Waals surface area contributed by atoms with Gasteiger partial charge in [0.1, 0.15) is 6.04 Å². The molecule has 0 unspecified atom stereocenters. The van der Waals surface area contributed by atoms with Crippen LogP contribution in [0.4, 0.5) is 0 Å². The van der Waals surface area contributed by atoms with Crippen molar-refractivity contribution in [2.75, 3.05) is 5.75 Å². The van der Waals surface area contributed by atoms with Gasteiger partial charge in [-0.25, -0.2) is 0 Å². The molecule has 2 aromatic rings. The maximum atomic E-state index is 13.2. The summed E-state index contributed by atoms with van der Waals surface area (Å²) < 4.78 is 0. The molecule has 0 spiro atoms. The number of benzene rings is 2. The molecule has 2 aromatic carbocycles. The first-order chi connectivity index (χ1) is 14.3. The standard InChI is InChI=1S/C23H28Cl2N2O2S/c1-4-16(3)26-23(29)21(5-2)27(14-17-11-12-19(24)20(25)13-17)22(28)15-30-18-9-7-6-8-10-18/h6-13,16,21H,4-5,14-15H2,1-3H3,(H,26,29)/t16-,21-/m1/s1. The second kappa shape index (κ2) is 12.2. The second-order valence-corrected chi connectivity index (χ2v) is 8.98. The van der Waals surface area contributed by atoms with Gasteiger partial charge in [0, 0.05) is 17.5 Å². The van der Waals surface area contributed by atoms with Crippen molar-refractivity contribution in [2.45, 2.75) is 57.1 Å². The number of nitrogens with zero attached hydrogens (tertiary/aromatic N) is 1. The zero-order valence-electron chi connectivity index (χ0n) is 17.5. The lowest BCUT2D eigenvalue weighted by Crippen LogP contribution is -2.51. The van der Waals surface area contributed by atoms with Crippen molar-refractivity contribution in [1.29, 1.82) is 0 Å². The van der Waals surface area contributed by atoms with E-state index in [1.165, 1.54) is 11.8 Å². The Kier molecular flexibility index (Phi) is 10.0. The number of thioether (sulfide) groups is 1. The minimum atomic E-state index is -0.558. The normalized spacial score (nSPS) is 12.8. The molecular formula is C23H28Cl2N2O2S. The maximum Gasteiger partial charge on any atom is 0.243 e. The van der Waals surface area contributed by atoms with Crippen molar-refractivity contribution >= 4 is 46.8 Å². The lowest BCUT2D eigenvalue weighted by Gasteiger charge is -2.31. The number of hydrogen-bond acceptors (Lipinski definition) is 3. The highest BCUT2D eigenvalue weighted by atomic mass is 35.5. The molecule has 7 heteroatoms. The predicted molar refractivity (Wildman–Crippen MR) is 126 cm³/mol. The average molecular weight is 467 g/mol. The molecule has 0 aliphatic rings. The van der Waals surface area contributed by atoms with Gasteiger partial charge in [-0.2, -0.15) is 0 Å². The molecule has 2 amide bonds. The minimum Gasteiger partial charge on any atom is -0.352 e. The Bertz CT molecular complexity index is 848.